The fraction of sp³-hybridized carbons (Fsp3) is 0.0588. The molecule has 2 N–H and O–H groups in total. The Balaban J connectivity index is 1.80. The molecule has 4 heteroatoms. The van der Waals surface area contributed by atoms with E-state index in [4.69, 9.17) is 0 Å². The minimum Gasteiger partial charge on any atom is -0.345 e. The highest BCUT2D eigenvalue weighted by Gasteiger charge is 2.07. The van der Waals surface area contributed by atoms with Crippen LogP contribution >= 0.6 is 0 Å². The van der Waals surface area contributed by atoms with E-state index < -0.39 is 0 Å². The molecule has 21 heavy (non-hydrogen) atoms. The lowest BCUT2D eigenvalue weighted by Crippen LogP contribution is -2.11. The molecule has 1 heterocycles. The molecule has 0 fully saturated rings. The fourth-order valence-corrected chi connectivity index (χ4v) is 2.08. The van der Waals surface area contributed by atoms with Crippen LogP contribution in [0.5, 0.6) is 0 Å². The van der Waals surface area contributed by atoms with E-state index >= 15 is 0 Å². The number of benzene rings is 2. The first-order valence-electron chi connectivity index (χ1n) is 6.70. The van der Waals surface area contributed by atoms with Gasteiger partial charge in [0.05, 0.1) is 0 Å². The number of H-pyrrole nitrogens is 1. The highest BCUT2D eigenvalue weighted by molar-refractivity contribution is 6.04. The minimum atomic E-state index is -0.119. The normalized spacial score (nSPS) is 10.3. The predicted molar refractivity (Wildman–Crippen MR) is 83.2 cm³/mol. The van der Waals surface area contributed by atoms with Crippen LogP contribution in [0.2, 0.25) is 0 Å². The van der Waals surface area contributed by atoms with Crippen LogP contribution in [-0.4, -0.2) is 15.9 Å². The molecule has 0 radical (unpaired) electrons. The van der Waals surface area contributed by atoms with E-state index in [0.717, 1.165) is 22.6 Å². The molecule has 3 rings (SSSR count). The van der Waals surface area contributed by atoms with E-state index in [1.807, 2.05) is 55.5 Å². The van der Waals surface area contributed by atoms with Gasteiger partial charge in [-0.05, 0) is 31.2 Å². The van der Waals surface area contributed by atoms with Crippen LogP contribution in [0.25, 0.3) is 11.4 Å². The molecule has 1 aromatic heterocycles. The van der Waals surface area contributed by atoms with Crippen molar-refractivity contribution in [3.63, 3.8) is 0 Å². The standard InChI is InChI=1S/C17H15N3O/c1-12-5-7-13(8-6-12)17(21)20-15-4-2-3-14(11-15)16-18-9-10-19-16/h2-11H,1H3,(H,18,19)(H,20,21). The van der Waals surface area contributed by atoms with Gasteiger partial charge in [0.1, 0.15) is 5.82 Å². The van der Waals surface area contributed by atoms with Gasteiger partial charge in [-0.1, -0.05) is 29.8 Å². The number of imidazole rings is 1. The SMILES string of the molecule is Cc1ccc(C(=O)Nc2cccc(-c3ncc[nH]3)c2)cc1. The lowest BCUT2D eigenvalue weighted by molar-refractivity contribution is 0.102. The number of aromatic amines is 1. The number of aromatic nitrogens is 2. The third-order valence-corrected chi connectivity index (χ3v) is 3.21. The third-order valence-electron chi connectivity index (χ3n) is 3.21. The maximum absolute atomic E-state index is 12.2. The number of carbonyl (C=O) groups excluding carboxylic acids is 1. The van der Waals surface area contributed by atoms with Crippen LogP contribution in [0.3, 0.4) is 0 Å². The predicted octanol–water partition coefficient (Wildman–Crippen LogP) is 3.64. The van der Waals surface area contributed by atoms with Crippen molar-refractivity contribution in [1.29, 1.82) is 0 Å². The summed E-state index contributed by atoms with van der Waals surface area (Å²) in [6.07, 6.45) is 3.47. The number of hydrogen-bond donors (Lipinski definition) is 2. The van der Waals surface area contributed by atoms with Crippen LogP contribution < -0.4 is 5.32 Å². The van der Waals surface area contributed by atoms with E-state index in [0.29, 0.717) is 5.56 Å². The molecule has 0 atom stereocenters. The van der Waals surface area contributed by atoms with Gasteiger partial charge in [0.15, 0.2) is 0 Å². The molecule has 0 aliphatic carbocycles. The van der Waals surface area contributed by atoms with E-state index in [1.54, 1.807) is 12.4 Å². The summed E-state index contributed by atoms with van der Waals surface area (Å²) in [6, 6.07) is 15.1. The second-order valence-corrected chi connectivity index (χ2v) is 4.84. The molecule has 0 aliphatic heterocycles. The molecule has 1 amide bonds. The number of aryl methyl sites for hydroxylation is 1. The first kappa shape index (κ1) is 13.1. The lowest BCUT2D eigenvalue weighted by atomic mass is 10.1. The summed E-state index contributed by atoms with van der Waals surface area (Å²) in [5.74, 6) is 0.660. The van der Waals surface area contributed by atoms with Gasteiger partial charge in [-0.2, -0.15) is 0 Å². The van der Waals surface area contributed by atoms with Gasteiger partial charge in [0.25, 0.3) is 5.91 Å². The number of rotatable bonds is 3. The van der Waals surface area contributed by atoms with Gasteiger partial charge in [-0.3, -0.25) is 4.79 Å². The van der Waals surface area contributed by atoms with Gasteiger partial charge >= 0.3 is 0 Å². The molecule has 104 valence electrons. The van der Waals surface area contributed by atoms with Crippen molar-refractivity contribution in [1.82, 2.24) is 9.97 Å². The molecule has 0 spiro atoms. The summed E-state index contributed by atoms with van der Waals surface area (Å²) < 4.78 is 0. The average Bonchev–Trinajstić information content (AvgIpc) is 3.02. The number of amides is 1. The molecular formula is C17H15N3O. The molecular weight excluding hydrogens is 262 g/mol. The second-order valence-electron chi connectivity index (χ2n) is 4.84. The van der Waals surface area contributed by atoms with Crippen LogP contribution in [0.4, 0.5) is 5.69 Å². The van der Waals surface area contributed by atoms with Crippen molar-refractivity contribution in [3.8, 4) is 11.4 Å². The van der Waals surface area contributed by atoms with Crippen molar-refractivity contribution in [2.24, 2.45) is 0 Å². The minimum absolute atomic E-state index is 0.119. The molecule has 0 aliphatic rings. The zero-order chi connectivity index (χ0) is 14.7. The highest BCUT2D eigenvalue weighted by atomic mass is 16.1. The molecule has 2 aromatic carbocycles. The summed E-state index contributed by atoms with van der Waals surface area (Å²) in [4.78, 5) is 19.4. The van der Waals surface area contributed by atoms with Crippen molar-refractivity contribution in [2.75, 3.05) is 5.32 Å². The van der Waals surface area contributed by atoms with E-state index in [1.165, 1.54) is 0 Å². The molecule has 0 bridgehead atoms. The van der Waals surface area contributed by atoms with Crippen molar-refractivity contribution < 1.29 is 4.79 Å². The Morgan fingerprint density at radius 2 is 1.95 bits per heavy atom. The van der Waals surface area contributed by atoms with Gasteiger partial charge in [0.2, 0.25) is 0 Å². The number of anilines is 1. The van der Waals surface area contributed by atoms with Gasteiger partial charge in [-0.25, -0.2) is 4.98 Å². The van der Waals surface area contributed by atoms with Crippen molar-refractivity contribution in [3.05, 3.63) is 72.1 Å². The Labute approximate surface area is 122 Å². The molecule has 0 saturated heterocycles. The maximum atomic E-state index is 12.2. The average molecular weight is 277 g/mol. The summed E-state index contributed by atoms with van der Waals surface area (Å²) in [6.45, 7) is 1.99. The summed E-state index contributed by atoms with van der Waals surface area (Å²) in [7, 11) is 0. The molecule has 0 saturated carbocycles. The van der Waals surface area contributed by atoms with Crippen molar-refractivity contribution >= 4 is 11.6 Å². The van der Waals surface area contributed by atoms with Crippen LogP contribution in [0, 0.1) is 6.92 Å². The fourth-order valence-electron chi connectivity index (χ4n) is 2.08. The monoisotopic (exact) mass is 277 g/mol. The highest BCUT2D eigenvalue weighted by Crippen LogP contribution is 2.19. The molecule has 0 unspecified atom stereocenters. The van der Waals surface area contributed by atoms with Crippen LogP contribution in [-0.2, 0) is 0 Å². The number of nitrogens with one attached hydrogen (secondary N) is 2. The Kier molecular flexibility index (Phi) is 3.51. The van der Waals surface area contributed by atoms with Crippen molar-refractivity contribution in [2.45, 2.75) is 6.92 Å². The smallest absolute Gasteiger partial charge is 0.255 e. The van der Waals surface area contributed by atoms with Crippen LogP contribution in [0.15, 0.2) is 60.9 Å². The first-order chi connectivity index (χ1) is 10.2. The van der Waals surface area contributed by atoms with E-state index in [-0.39, 0.29) is 5.91 Å². The summed E-state index contributed by atoms with van der Waals surface area (Å²) in [5, 5.41) is 2.90. The van der Waals surface area contributed by atoms with Gasteiger partial charge < -0.3 is 10.3 Å². The van der Waals surface area contributed by atoms with Gasteiger partial charge in [0, 0.05) is 29.2 Å². The number of hydrogen-bond acceptors (Lipinski definition) is 2. The Morgan fingerprint density at radius 1 is 1.14 bits per heavy atom. The zero-order valence-corrected chi connectivity index (χ0v) is 11.6. The largest absolute Gasteiger partial charge is 0.345 e. The Bertz CT molecular complexity index is 746. The first-order valence-corrected chi connectivity index (χ1v) is 6.70. The van der Waals surface area contributed by atoms with E-state index in [9.17, 15) is 4.79 Å². The summed E-state index contributed by atoms with van der Waals surface area (Å²) >= 11 is 0. The number of nitrogens with zero attached hydrogens (tertiary/aromatic N) is 1. The van der Waals surface area contributed by atoms with Gasteiger partial charge in [-0.15, -0.1) is 0 Å². The third kappa shape index (κ3) is 3.00. The van der Waals surface area contributed by atoms with Crippen LogP contribution in [0.1, 0.15) is 15.9 Å². The second kappa shape index (κ2) is 5.63. The Hall–Kier alpha value is -2.88. The molecule has 4 nitrogen and oxygen atoms in total. The summed E-state index contributed by atoms with van der Waals surface area (Å²) in [5.41, 5.74) is 3.45. The van der Waals surface area contributed by atoms with E-state index in [2.05, 4.69) is 15.3 Å². The lowest BCUT2D eigenvalue weighted by Gasteiger charge is -2.07. The molecule has 3 aromatic rings. The Morgan fingerprint density at radius 3 is 2.67 bits per heavy atom. The maximum Gasteiger partial charge on any atom is 0.255 e. The quantitative estimate of drug-likeness (QED) is 0.768. The topological polar surface area (TPSA) is 57.8 Å². The zero-order valence-electron chi connectivity index (χ0n) is 11.6. The number of carbonyl (C=O) groups is 1.